The van der Waals surface area contributed by atoms with Crippen LogP contribution in [0, 0.1) is 6.92 Å². The second kappa shape index (κ2) is 6.34. The summed E-state index contributed by atoms with van der Waals surface area (Å²) in [4.78, 5) is 1.29. The number of aromatic nitrogens is 3. The highest BCUT2D eigenvalue weighted by molar-refractivity contribution is 9.10. The summed E-state index contributed by atoms with van der Waals surface area (Å²) in [6.07, 6.45) is 0. The monoisotopic (exact) mass is 379 g/mol. The summed E-state index contributed by atoms with van der Waals surface area (Å²) in [6, 6.07) is 10.5. The first kappa shape index (κ1) is 14.8. The van der Waals surface area contributed by atoms with Crippen molar-refractivity contribution in [2.45, 2.75) is 17.8 Å². The lowest BCUT2D eigenvalue weighted by atomic mass is 10.2. The summed E-state index contributed by atoms with van der Waals surface area (Å²) in [5, 5.41) is 11.7. The van der Waals surface area contributed by atoms with Gasteiger partial charge in [-0.2, -0.15) is 0 Å². The van der Waals surface area contributed by atoms with Crippen LogP contribution in [0.1, 0.15) is 10.4 Å². The fourth-order valence-corrected chi connectivity index (χ4v) is 3.79. The molecule has 21 heavy (non-hydrogen) atoms. The van der Waals surface area contributed by atoms with Gasteiger partial charge < -0.3 is 4.57 Å². The summed E-state index contributed by atoms with van der Waals surface area (Å²) in [5.74, 6) is 1.82. The molecule has 0 aliphatic rings. The molecule has 3 aromatic rings. The minimum atomic E-state index is 0.891. The number of benzene rings is 1. The van der Waals surface area contributed by atoms with Crippen molar-refractivity contribution in [2.75, 3.05) is 0 Å². The minimum absolute atomic E-state index is 0.891. The van der Waals surface area contributed by atoms with Gasteiger partial charge in [-0.3, -0.25) is 0 Å². The number of rotatable bonds is 4. The molecule has 0 bridgehead atoms. The number of thiophene rings is 1. The van der Waals surface area contributed by atoms with Crippen molar-refractivity contribution in [3.05, 3.63) is 50.6 Å². The van der Waals surface area contributed by atoms with Gasteiger partial charge in [0.05, 0.1) is 0 Å². The predicted octanol–water partition coefficient (Wildman–Crippen LogP) is 4.91. The van der Waals surface area contributed by atoms with Gasteiger partial charge in [-0.1, -0.05) is 39.8 Å². The van der Waals surface area contributed by atoms with Crippen LogP contribution in [-0.4, -0.2) is 14.8 Å². The lowest BCUT2D eigenvalue weighted by Crippen LogP contribution is -1.94. The Labute approximate surface area is 140 Å². The smallest absolute Gasteiger partial charge is 0.191 e. The largest absolute Gasteiger partial charge is 0.305 e. The first-order chi connectivity index (χ1) is 10.1. The van der Waals surface area contributed by atoms with Crippen LogP contribution in [0.3, 0.4) is 0 Å². The van der Waals surface area contributed by atoms with Crippen molar-refractivity contribution < 1.29 is 0 Å². The van der Waals surface area contributed by atoms with Crippen LogP contribution < -0.4 is 0 Å². The van der Waals surface area contributed by atoms with Gasteiger partial charge in [-0.05, 0) is 30.7 Å². The van der Waals surface area contributed by atoms with E-state index in [4.69, 9.17) is 0 Å². The molecule has 0 radical (unpaired) electrons. The third-order valence-corrected chi connectivity index (χ3v) is 5.59. The van der Waals surface area contributed by atoms with Crippen molar-refractivity contribution in [1.29, 1.82) is 0 Å². The fourth-order valence-electron chi connectivity index (χ4n) is 1.98. The average Bonchev–Trinajstić information content (AvgIpc) is 3.05. The molecule has 0 saturated carbocycles. The molecule has 1 aromatic carbocycles. The molecule has 6 heteroatoms. The average molecular weight is 380 g/mol. The van der Waals surface area contributed by atoms with E-state index in [1.807, 2.05) is 7.05 Å². The van der Waals surface area contributed by atoms with Crippen LogP contribution in [0.15, 0.2) is 45.3 Å². The first-order valence-electron chi connectivity index (χ1n) is 6.45. The molecule has 0 spiro atoms. The maximum absolute atomic E-state index is 4.32. The molecule has 0 atom stereocenters. The van der Waals surface area contributed by atoms with Crippen LogP contribution in [0.25, 0.3) is 11.4 Å². The van der Waals surface area contributed by atoms with Crippen LogP contribution in [0.2, 0.25) is 0 Å². The number of thioether (sulfide) groups is 1. The number of hydrogen-bond acceptors (Lipinski definition) is 4. The quantitative estimate of drug-likeness (QED) is 0.603. The Kier molecular flexibility index (Phi) is 4.47. The highest BCUT2D eigenvalue weighted by Crippen LogP contribution is 2.28. The van der Waals surface area contributed by atoms with Gasteiger partial charge in [-0.15, -0.1) is 21.5 Å². The van der Waals surface area contributed by atoms with E-state index in [1.165, 1.54) is 10.4 Å². The Morgan fingerprint density at radius 3 is 2.67 bits per heavy atom. The Balaban J connectivity index is 1.75. The zero-order chi connectivity index (χ0) is 14.8. The summed E-state index contributed by atoms with van der Waals surface area (Å²) < 4.78 is 3.16. The zero-order valence-electron chi connectivity index (χ0n) is 11.7. The molecule has 3 rings (SSSR count). The van der Waals surface area contributed by atoms with Crippen LogP contribution >= 0.6 is 39.0 Å². The Morgan fingerprint density at radius 2 is 2.00 bits per heavy atom. The van der Waals surface area contributed by atoms with Gasteiger partial charge in [0.1, 0.15) is 0 Å². The van der Waals surface area contributed by atoms with E-state index in [0.29, 0.717) is 0 Å². The molecule has 0 N–H and O–H groups in total. The third-order valence-electron chi connectivity index (χ3n) is 3.10. The first-order valence-corrected chi connectivity index (χ1v) is 9.11. The summed E-state index contributed by atoms with van der Waals surface area (Å²) >= 11 is 6.89. The molecule has 3 nitrogen and oxygen atoms in total. The Bertz CT molecular complexity index is 747. The number of hydrogen-bond donors (Lipinski definition) is 0. The lowest BCUT2D eigenvalue weighted by molar-refractivity contribution is 0.794. The van der Waals surface area contributed by atoms with E-state index < -0.39 is 0 Å². The maximum Gasteiger partial charge on any atom is 0.191 e. The highest BCUT2D eigenvalue weighted by Gasteiger charge is 2.12. The molecule has 0 amide bonds. The van der Waals surface area contributed by atoms with Crippen LogP contribution in [0.4, 0.5) is 0 Å². The van der Waals surface area contributed by atoms with Gasteiger partial charge in [0.2, 0.25) is 0 Å². The normalized spacial score (nSPS) is 11.0. The maximum atomic E-state index is 4.32. The van der Waals surface area contributed by atoms with Crippen molar-refractivity contribution >= 4 is 39.0 Å². The Morgan fingerprint density at radius 1 is 1.24 bits per heavy atom. The summed E-state index contributed by atoms with van der Waals surface area (Å²) in [5.41, 5.74) is 2.42. The van der Waals surface area contributed by atoms with E-state index >= 15 is 0 Å². The molecule has 2 heterocycles. The fraction of sp³-hybridized carbons (Fsp3) is 0.200. The van der Waals surface area contributed by atoms with Crippen LogP contribution in [-0.2, 0) is 12.8 Å². The molecule has 0 unspecified atom stereocenters. The second-order valence-electron chi connectivity index (χ2n) is 4.73. The van der Waals surface area contributed by atoms with E-state index in [-0.39, 0.29) is 0 Å². The molecular formula is C15H14BrN3S2. The van der Waals surface area contributed by atoms with E-state index in [2.05, 4.69) is 73.3 Å². The molecule has 0 aliphatic carbocycles. The SMILES string of the molecule is Cc1cc(-c2nnc(SCc3ccc(Br)cc3)n2C)cs1. The molecule has 0 saturated heterocycles. The number of halogens is 1. The molecule has 0 aliphatic heterocycles. The topological polar surface area (TPSA) is 30.7 Å². The van der Waals surface area contributed by atoms with Crippen molar-refractivity contribution in [2.24, 2.45) is 7.05 Å². The van der Waals surface area contributed by atoms with Gasteiger partial charge in [0, 0.05) is 33.1 Å². The van der Waals surface area contributed by atoms with E-state index in [9.17, 15) is 0 Å². The van der Waals surface area contributed by atoms with Crippen molar-refractivity contribution in [1.82, 2.24) is 14.8 Å². The predicted molar refractivity (Wildman–Crippen MR) is 92.8 cm³/mol. The van der Waals surface area contributed by atoms with E-state index in [1.54, 1.807) is 23.1 Å². The summed E-state index contributed by atoms with van der Waals surface area (Å²) in [6.45, 7) is 2.10. The van der Waals surface area contributed by atoms with Gasteiger partial charge in [0.25, 0.3) is 0 Å². The van der Waals surface area contributed by atoms with Crippen LogP contribution in [0.5, 0.6) is 0 Å². The molecule has 2 aromatic heterocycles. The van der Waals surface area contributed by atoms with E-state index in [0.717, 1.165) is 26.8 Å². The minimum Gasteiger partial charge on any atom is -0.305 e. The second-order valence-corrected chi connectivity index (χ2v) is 7.70. The third kappa shape index (κ3) is 3.39. The number of aryl methyl sites for hydroxylation is 1. The molecule has 108 valence electrons. The Hall–Kier alpha value is -1.11. The standard InChI is InChI=1S/C15H14BrN3S2/c1-10-7-12(9-20-10)14-17-18-15(19(14)2)21-8-11-3-5-13(16)6-4-11/h3-7,9H,8H2,1-2H3. The van der Waals surface area contributed by atoms with Gasteiger partial charge in [-0.25, -0.2) is 0 Å². The zero-order valence-corrected chi connectivity index (χ0v) is 14.9. The number of nitrogens with zero attached hydrogens (tertiary/aromatic N) is 3. The van der Waals surface area contributed by atoms with Gasteiger partial charge >= 0.3 is 0 Å². The highest BCUT2D eigenvalue weighted by atomic mass is 79.9. The van der Waals surface area contributed by atoms with Crippen molar-refractivity contribution in [3.8, 4) is 11.4 Å². The lowest BCUT2D eigenvalue weighted by Gasteiger charge is -2.03. The van der Waals surface area contributed by atoms with Crippen molar-refractivity contribution in [3.63, 3.8) is 0 Å². The molecule has 0 fully saturated rings. The molecular weight excluding hydrogens is 366 g/mol. The summed E-state index contributed by atoms with van der Waals surface area (Å²) in [7, 11) is 2.02. The van der Waals surface area contributed by atoms with Gasteiger partial charge in [0.15, 0.2) is 11.0 Å².